The smallest absolute Gasteiger partial charge is 0.249 e. The van der Waals surface area contributed by atoms with Crippen LogP contribution >= 0.6 is 0 Å². The Morgan fingerprint density at radius 2 is 1.95 bits per heavy atom. The van der Waals surface area contributed by atoms with E-state index in [-0.39, 0.29) is 6.10 Å². The molecule has 2 N–H and O–H groups in total. The van der Waals surface area contributed by atoms with Gasteiger partial charge in [0.05, 0.1) is 0 Å². The first kappa shape index (κ1) is 14.4. The van der Waals surface area contributed by atoms with Crippen molar-refractivity contribution in [2.45, 2.75) is 51.2 Å². The molecule has 21 heavy (non-hydrogen) atoms. The van der Waals surface area contributed by atoms with Crippen LogP contribution in [0.5, 0.6) is 5.75 Å². The van der Waals surface area contributed by atoms with Gasteiger partial charge >= 0.3 is 0 Å². The highest BCUT2D eigenvalue weighted by atomic mass is 16.5. The minimum atomic E-state index is -0.391. The van der Waals surface area contributed by atoms with E-state index in [4.69, 9.17) is 10.5 Å². The van der Waals surface area contributed by atoms with Gasteiger partial charge in [0.2, 0.25) is 5.91 Å². The van der Waals surface area contributed by atoms with Gasteiger partial charge < -0.3 is 15.4 Å². The third-order valence-corrected chi connectivity index (χ3v) is 4.75. The Bertz CT molecular complexity index is 518. The minimum absolute atomic E-state index is 0.278. The molecular weight excluding hydrogens is 264 g/mol. The fourth-order valence-corrected chi connectivity index (χ4v) is 3.35. The lowest BCUT2D eigenvalue weighted by molar-refractivity contribution is 0.00887. The van der Waals surface area contributed by atoms with E-state index in [1.807, 2.05) is 19.1 Å². The van der Waals surface area contributed by atoms with Crippen molar-refractivity contribution in [1.82, 2.24) is 4.90 Å². The summed E-state index contributed by atoms with van der Waals surface area (Å²) in [5.74, 6) is 0.370. The van der Waals surface area contributed by atoms with Crippen molar-refractivity contribution in [3.05, 3.63) is 29.3 Å². The first-order valence-electron chi connectivity index (χ1n) is 7.94. The van der Waals surface area contributed by atoms with Crippen molar-refractivity contribution in [2.75, 3.05) is 13.1 Å². The summed E-state index contributed by atoms with van der Waals surface area (Å²) < 4.78 is 5.98. The molecule has 1 saturated heterocycles. The van der Waals surface area contributed by atoms with Gasteiger partial charge in [-0.1, -0.05) is 12.5 Å². The number of rotatable bonds is 4. The van der Waals surface area contributed by atoms with Crippen LogP contribution in [-0.4, -0.2) is 36.0 Å². The Morgan fingerprint density at radius 1 is 1.24 bits per heavy atom. The zero-order valence-electron chi connectivity index (χ0n) is 12.7. The van der Waals surface area contributed by atoms with E-state index in [9.17, 15) is 4.79 Å². The van der Waals surface area contributed by atoms with Crippen LogP contribution < -0.4 is 10.5 Å². The second-order valence-electron chi connectivity index (χ2n) is 6.30. The molecule has 4 nitrogen and oxygen atoms in total. The predicted octanol–water partition coefficient (Wildman–Crippen LogP) is 2.49. The van der Waals surface area contributed by atoms with Gasteiger partial charge in [0.15, 0.2) is 0 Å². The Balaban J connectivity index is 1.54. The predicted molar refractivity (Wildman–Crippen MR) is 82.6 cm³/mol. The second-order valence-corrected chi connectivity index (χ2v) is 6.30. The number of benzene rings is 1. The van der Waals surface area contributed by atoms with Crippen LogP contribution in [0.2, 0.25) is 0 Å². The van der Waals surface area contributed by atoms with Crippen LogP contribution in [0.15, 0.2) is 18.2 Å². The number of hydrogen-bond donors (Lipinski definition) is 1. The van der Waals surface area contributed by atoms with Gasteiger partial charge in [-0.05, 0) is 50.6 Å². The molecule has 1 aromatic carbocycles. The Morgan fingerprint density at radius 3 is 2.62 bits per heavy atom. The average Bonchev–Trinajstić information content (AvgIpc) is 2.44. The summed E-state index contributed by atoms with van der Waals surface area (Å²) in [6, 6.07) is 6.29. The van der Waals surface area contributed by atoms with E-state index in [0.29, 0.717) is 11.6 Å². The van der Waals surface area contributed by atoms with Crippen LogP contribution in [0.3, 0.4) is 0 Å². The standard InChI is InChI=1S/C17H24N2O2/c1-12-5-6-14(11-16(12)17(18)20)21-15-9-13(10-15)19-7-3-2-4-8-19/h5-6,11,13,15H,2-4,7-10H2,1H3,(H2,18,20)/t13-,15-. The number of amides is 1. The van der Waals surface area contributed by atoms with Crippen LogP contribution in [0.25, 0.3) is 0 Å². The van der Waals surface area contributed by atoms with E-state index in [2.05, 4.69) is 4.90 Å². The summed E-state index contributed by atoms with van der Waals surface area (Å²) in [6.07, 6.45) is 6.52. The molecule has 1 aromatic rings. The van der Waals surface area contributed by atoms with Crippen molar-refractivity contribution in [2.24, 2.45) is 5.73 Å². The highest BCUT2D eigenvalue weighted by Crippen LogP contribution is 2.32. The zero-order valence-corrected chi connectivity index (χ0v) is 12.7. The first-order valence-corrected chi connectivity index (χ1v) is 7.94. The van der Waals surface area contributed by atoms with Crippen molar-refractivity contribution >= 4 is 5.91 Å². The molecule has 0 spiro atoms. The molecule has 0 radical (unpaired) electrons. The molecular formula is C17H24N2O2. The third kappa shape index (κ3) is 3.21. The van der Waals surface area contributed by atoms with Crippen molar-refractivity contribution < 1.29 is 9.53 Å². The fraction of sp³-hybridized carbons (Fsp3) is 0.588. The molecule has 2 fully saturated rings. The monoisotopic (exact) mass is 288 g/mol. The van der Waals surface area contributed by atoms with Gasteiger partial charge in [-0.2, -0.15) is 0 Å². The average molecular weight is 288 g/mol. The van der Waals surface area contributed by atoms with Crippen LogP contribution in [0.4, 0.5) is 0 Å². The number of nitrogens with two attached hydrogens (primary N) is 1. The Labute approximate surface area is 126 Å². The molecule has 1 heterocycles. The van der Waals surface area contributed by atoms with Crippen molar-refractivity contribution in [3.8, 4) is 5.75 Å². The van der Waals surface area contributed by atoms with Crippen molar-refractivity contribution in [3.63, 3.8) is 0 Å². The number of primary amides is 1. The number of piperidine rings is 1. The molecule has 114 valence electrons. The quantitative estimate of drug-likeness (QED) is 0.926. The lowest BCUT2D eigenvalue weighted by Gasteiger charge is -2.44. The molecule has 2 aliphatic rings. The number of nitrogens with zero attached hydrogens (tertiary/aromatic N) is 1. The zero-order chi connectivity index (χ0) is 14.8. The van der Waals surface area contributed by atoms with Gasteiger partial charge in [0.1, 0.15) is 11.9 Å². The molecule has 3 rings (SSSR count). The molecule has 1 aliphatic heterocycles. The topological polar surface area (TPSA) is 55.6 Å². The van der Waals surface area contributed by atoms with Crippen molar-refractivity contribution in [1.29, 1.82) is 0 Å². The third-order valence-electron chi connectivity index (χ3n) is 4.75. The van der Waals surface area contributed by atoms with Gasteiger partial charge in [-0.3, -0.25) is 4.79 Å². The van der Waals surface area contributed by atoms with Crippen LogP contribution in [0.1, 0.15) is 48.0 Å². The van der Waals surface area contributed by atoms with E-state index < -0.39 is 5.91 Å². The molecule has 0 aromatic heterocycles. The number of hydrogen-bond acceptors (Lipinski definition) is 3. The molecule has 4 heteroatoms. The lowest BCUT2D eigenvalue weighted by atomic mass is 9.86. The molecule has 1 saturated carbocycles. The second kappa shape index (κ2) is 6.06. The summed E-state index contributed by atoms with van der Waals surface area (Å²) in [5.41, 5.74) is 6.83. The maximum atomic E-state index is 11.4. The number of ether oxygens (including phenoxy) is 1. The van der Waals surface area contributed by atoms with Gasteiger partial charge in [0, 0.05) is 24.4 Å². The van der Waals surface area contributed by atoms with Crippen LogP contribution in [0, 0.1) is 6.92 Å². The molecule has 0 atom stereocenters. The molecule has 0 unspecified atom stereocenters. The lowest BCUT2D eigenvalue weighted by Crippen LogP contribution is -2.50. The minimum Gasteiger partial charge on any atom is -0.490 e. The summed E-state index contributed by atoms with van der Waals surface area (Å²) in [4.78, 5) is 14.0. The van der Waals surface area contributed by atoms with E-state index in [1.54, 1.807) is 6.07 Å². The Hall–Kier alpha value is -1.55. The molecule has 0 bridgehead atoms. The fourth-order valence-electron chi connectivity index (χ4n) is 3.35. The normalized spacial score (nSPS) is 26.1. The summed E-state index contributed by atoms with van der Waals surface area (Å²) in [5, 5.41) is 0. The van der Waals surface area contributed by atoms with Crippen LogP contribution in [-0.2, 0) is 0 Å². The van der Waals surface area contributed by atoms with E-state index >= 15 is 0 Å². The first-order chi connectivity index (χ1) is 10.1. The number of aryl methyl sites for hydroxylation is 1. The summed E-state index contributed by atoms with van der Waals surface area (Å²) >= 11 is 0. The SMILES string of the molecule is Cc1ccc(O[C@H]2C[C@H](N3CCCCC3)C2)cc1C(N)=O. The maximum Gasteiger partial charge on any atom is 0.249 e. The van der Waals surface area contributed by atoms with E-state index in [0.717, 1.165) is 24.2 Å². The van der Waals surface area contributed by atoms with Gasteiger partial charge in [-0.15, -0.1) is 0 Å². The van der Waals surface area contributed by atoms with Gasteiger partial charge in [0.25, 0.3) is 0 Å². The summed E-state index contributed by atoms with van der Waals surface area (Å²) in [6.45, 7) is 4.38. The molecule has 1 aliphatic carbocycles. The summed E-state index contributed by atoms with van der Waals surface area (Å²) in [7, 11) is 0. The number of carbonyl (C=O) groups is 1. The highest BCUT2D eigenvalue weighted by molar-refractivity contribution is 5.94. The maximum absolute atomic E-state index is 11.4. The highest BCUT2D eigenvalue weighted by Gasteiger charge is 2.35. The van der Waals surface area contributed by atoms with E-state index in [1.165, 1.54) is 32.4 Å². The number of carbonyl (C=O) groups excluding carboxylic acids is 1. The van der Waals surface area contributed by atoms with Gasteiger partial charge in [-0.25, -0.2) is 0 Å². The Kier molecular flexibility index (Phi) is 4.15. The molecule has 1 amide bonds. The largest absolute Gasteiger partial charge is 0.490 e. The number of likely N-dealkylation sites (tertiary alicyclic amines) is 1.